The Morgan fingerprint density at radius 2 is 2.11 bits per heavy atom. The molecule has 5 nitrogen and oxygen atoms in total. The molecule has 0 atom stereocenters. The lowest BCUT2D eigenvalue weighted by Gasteiger charge is -2.19. The van der Waals surface area contributed by atoms with Gasteiger partial charge in [-0.15, -0.1) is 0 Å². The van der Waals surface area contributed by atoms with Crippen molar-refractivity contribution in [1.82, 2.24) is 9.55 Å². The number of ether oxygens (including phenoxy) is 2. The van der Waals surface area contributed by atoms with Crippen LogP contribution in [0.4, 0.5) is 0 Å². The molecule has 0 saturated heterocycles. The third kappa shape index (κ3) is 2.54. The van der Waals surface area contributed by atoms with Crippen LogP contribution in [0.1, 0.15) is 0 Å². The Kier molecular flexibility index (Phi) is 3.61. The van der Waals surface area contributed by atoms with Crippen molar-refractivity contribution in [2.75, 3.05) is 25.5 Å². The Balaban J connectivity index is 1.91. The maximum absolute atomic E-state index is 5.60. The molecule has 1 aromatic heterocycles. The normalized spacial score (nSPS) is 13.5. The number of hydrogen-bond donors (Lipinski definition) is 1. The minimum absolute atomic E-state index is 0.592. The summed E-state index contributed by atoms with van der Waals surface area (Å²) in [6, 6.07) is 5.91. The van der Waals surface area contributed by atoms with E-state index in [1.165, 1.54) is 0 Å². The monoisotopic (exact) mass is 277 g/mol. The Morgan fingerprint density at radius 1 is 1.26 bits per heavy atom. The molecular formula is C13H15N3O2S. The molecule has 0 aliphatic carbocycles. The Labute approximate surface area is 115 Å². The predicted octanol–water partition coefficient (Wildman–Crippen LogP) is 1.69. The second-order valence-corrected chi connectivity index (χ2v) is 5.11. The number of hydrogen-bond acceptors (Lipinski definition) is 5. The summed E-state index contributed by atoms with van der Waals surface area (Å²) in [6.07, 6.45) is 3.72. The lowest BCUT2D eigenvalue weighted by Crippen LogP contribution is -2.15. The molecule has 0 unspecified atom stereocenters. The third-order valence-corrected chi connectivity index (χ3v) is 3.76. The van der Waals surface area contributed by atoms with E-state index in [2.05, 4.69) is 4.98 Å². The molecule has 0 bridgehead atoms. The SMILES string of the molecule is NCCSc1nccn1-c1ccc2c(c1)OCCO2. The van der Waals surface area contributed by atoms with E-state index >= 15 is 0 Å². The molecule has 0 spiro atoms. The molecule has 100 valence electrons. The van der Waals surface area contributed by atoms with Gasteiger partial charge in [0, 0.05) is 30.8 Å². The number of thioether (sulfide) groups is 1. The van der Waals surface area contributed by atoms with Crippen LogP contribution < -0.4 is 15.2 Å². The maximum Gasteiger partial charge on any atom is 0.172 e. The highest BCUT2D eigenvalue weighted by atomic mass is 32.2. The quantitative estimate of drug-likeness (QED) is 0.862. The number of nitrogens with zero attached hydrogens (tertiary/aromatic N) is 2. The van der Waals surface area contributed by atoms with Crippen LogP contribution in [-0.2, 0) is 0 Å². The van der Waals surface area contributed by atoms with Crippen molar-refractivity contribution in [2.45, 2.75) is 5.16 Å². The molecule has 6 heteroatoms. The lowest BCUT2D eigenvalue weighted by atomic mass is 10.2. The predicted molar refractivity (Wildman–Crippen MR) is 74.3 cm³/mol. The van der Waals surface area contributed by atoms with E-state index in [9.17, 15) is 0 Å². The van der Waals surface area contributed by atoms with Crippen molar-refractivity contribution in [3.8, 4) is 17.2 Å². The number of aromatic nitrogens is 2. The van der Waals surface area contributed by atoms with Gasteiger partial charge in [0.1, 0.15) is 13.2 Å². The summed E-state index contributed by atoms with van der Waals surface area (Å²) < 4.78 is 13.1. The number of rotatable bonds is 4. The largest absolute Gasteiger partial charge is 0.486 e. The Hall–Kier alpha value is -1.66. The summed E-state index contributed by atoms with van der Waals surface area (Å²) >= 11 is 1.64. The molecule has 1 aromatic carbocycles. The molecule has 2 N–H and O–H groups in total. The second kappa shape index (κ2) is 5.54. The average molecular weight is 277 g/mol. The van der Waals surface area contributed by atoms with Gasteiger partial charge in [-0.05, 0) is 12.1 Å². The molecule has 0 saturated carbocycles. The standard InChI is InChI=1S/C13H15N3O2S/c14-3-8-19-13-15-4-5-16(13)10-1-2-11-12(9-10)18-7-6-17-11/h1-2,4-5,9H,3,6-8,14H2. The average Bonchev–Trinajstić information content (AvgIpc) is 2.93. The highest BCUT2D eigenvalue weighted by Gasteiger charge is 2.13. The van der Waals surface area contributed by atoms with Gasteiger partial charge >= 0.3 is 0 Å². The maximum atomic E-state index is 5.60. The zero-order valence-electron chi connectivity index (χ0n) is 10.4. The molecule has 3 rings (SSSR count). The third-order valence-electron chi connectivity index (χ3n) is 2.76. The van der Waals surface area contributed by atoms with E-state index in [0.29, 0.717) is 19.8 Å². The summed E-state index contributed by atoms with van der Waals surface area (Å²) in [5.74, 6) is 2.43. The van der Waals surface area contributed by atoms with Gasteiger partial charge in [-0.3, -0.25) is 4.57 Å². The van der Waals surface area contributed by atoms with Crippen LogP contribution in [0.15, 0.2) is 35.7 Å². The molecule has 2 aromatic rings. The van der Waals surface area contributed by atoms with Gasteiger partial charge in [0.25, 0.3) is 0 Å². The Morgan fingerprint density at radius 3 is 2.95 bits per heavy atom. The lowest BCUT2D eigenvalue weighted by molar-refractivity contribution is 0.171. The Bertz CT molecular complexity index is 571. The van der Waals surface area contributed by atoms with Crippen LogP contribution in [0.25, 0.3) is 5.69 Å². The fourth-order valence-corrected chi connectivity index (χ4v) is 2.67. The minimum Gasteiger partial charge on any atom is -0.486 e. The number of nitrogens with two attached hydrogens (primary N) is 1. The summed E-state index contributed by atoms with van der Waals surface area (Å²) in [4.78, 5) is 4.34. The van der Waals surface area contributed by atoms with Crippen LogP contribution in [0, 0.1) is 0 Å². The summed E-state index contributed by atoms with van der Waals surface area (Å²) in [6.45, 7) is 1.84. The van der Waals surface area contributed by atoms with Gasteiger partial charge in [-0.2, -0.15) is 0 Å². The second-order valence-electron chi connectivity index (χ2n) is 4.04. The smallest absolute Gasteiger partial charge is 0.172 e. The zero-order chi connectivity index (χ0) is 13.1. The van der Waals surface area contributed by atoms with Gasteiger partial charge in [0.05, 0.1) is 5.69 Å². The summed E-state index contributed by atoms with van der Waals surface area (Å²) in [5, 5.41) is 0.933. The molecule has 19 heavy (non-hydrogen) atoms. The molecule has 0 fully saturated rings. The highest BCUT2D eigenvalue weighted by molar-refractivity contribution is 7.99. The van der Waals surface area contributed by atoms with Crippen LogP contribution in [0.3, 0.4) is 0 Å². The van der Waals surface area contributed by atoms with E-state index in [0.717, 1.165) is 28.1 Å². The molecule has 0 amide bonds. The van der Waals surface area contributed by atoms with Crippen molar-refractivity contribution in [3.05, 3.63) is 30.6 Å². The van der Waals surface area contributed by atoms with Gasteiger partial charge in [-0.1, -0.05) is 11.8 Å². The molecular weight excluding hydrogens is 262 g/mol. The van der Waals surface area contributed by atoms with Gasteiger partial charge in [-0.25, -0.2) is 4.98 Å². The first-order chi connectivity index (χ1) is 9.38. The van der Waals surface area contributed by atoms with Crippen LogP contribution in [0.2, 0.25) is 0 Å². The highest BCUT2D eigenvalue weighted by Crippen LogP contribution is 2.33. The zero-order valence-corrected chi connectivity index (χ0v) is 11.2. The molecule has 2 heterocycles. The minimum atomic E-state index is 0.592. The first-order valence-corrected chi connectivity index (χ1v) is 7.13. The van der Waals surface area contributed by atoms with Gasteiger partial charge in [0.2, 0.25) is 0 Å². The van der Waals surface area contributed by atoms with Crippen molar-refractivity contribution in [2.24, 2.45) is 5.73 Å². The van der Waals surface area contributed by atoms with Gasteiger partial charge in [0.15, 0.2) is 16.7 Å². The first-order valence-electron chi connectivity index (χ1n) is 6.15. The molecule has 1 aliphatic rings. The van der Waals surface area contributed by atoms with E-state index in [-0.39, 0.29) is 0 Å². The van der Waals surface area contributed by atoms with Crippen molar-refractivity contribution in [1.29, 1.82) is 0 Å². The van der Waals surface area contributed by atoms with Crippen molar-refractivity contribution >= 4 is 11.8 Å². The van der Waals surface area contributed by atoms with E-state index in [1.807, 2.05) is 29.0 Å². The van der Waals surface area contributed by atoms with Gasteiger partial charge < -0.3 is 15.2 Å². The van der Waals surface area contributed by atoms with Crippen molar-refractivity contribution < 1.29 is 9.47 Å². The number of fused-ring (bicyclic) bond motifs is 1. The van der Waals surface area contributed by atoms with E-state index in [1.54, 1.807) is 18.0 Å². The van der Waals surface area contributed by atoms with Crippen molar-refractivity contribution in [3.63, 3.8) is 0 Å². The number of benzene rings is 1. The van der Waals surface area contributed by atoms with Crippen LogP contribution >= 0.6 is 11.8 Å². The fraction of sp³-hybridized carbons (Fsp3) is 0.308. The first kappa shape index (κ1) is 12.4. The number of imidazole rings is 1. The van der Waals surface area contributed by atoms with Crippen LogP contribution in [-0.4, -0.2) is 35.1 Å². The van der Waals surface area contributed by atoms with E-state index in [4.69, 9.17) is 15.2 Å². The summed E-state index contributed by atoms with van der Waals surface area (Å²) in [7, 11) is 0. The summed E-state index contributed by atoms with van der Waals surface area (Å²) in [5.41, 5.74) is 6.55. The fourth-order valence-electron chi connectivity index (χ4n) is 1.93. The van der Waals surface area contributed by atoms with E-state index < -0.39 is 0 Å². The molecule has 0 radical (unpaired) electrons. The molecule has 1 aliphatic heterocycles. The topological polar surface area (TPSA) is 62.3 Å². The van der Waals surface area contributed by atoms with Crippen LogP contribution in [0.5, 0.6) is 11.5 Å².